The van der Waals surface area contributed by atoms with E-state index >= 15 is 0 Å². The Morgan fingerprint density at radius 2 is 2.03 bits per heavy atom. The zero-order chi connectivity index (χ0) is 21.3. The van der Waals surface area contributed by atoms with E-state index in [-0.39, 0.29) is 11.2 Å². The molecule has 156 valence electrons. The van der Waals surface area contributed by atoms with E-state index in [9.17, 15) is 4.79 Å². The summed E-state index contributed by atoms with van der Waals surface area (Å²) in [5.74, 6) is 1.32. The number of anilines is 1. The van der Waals surface area contributed by atoms with Gasteiger partial charge in [-0.3, -0.25) is 4.79 Å². The molecule has 1 fully saturated rings. The average Bonchev–Trinajstić information content (AvgIpc) is 3.40. The Morgan fingerprint density at radius 3 is 2.90 bits per heavy atom. The van der Waals surface area contributed by atoms with Gasteiger partial charge in [-0.15, -0.1) is 11.3 Å². The van der Waals surface area contributed by atoms with Gasteiger partial charge < -0.3 is 4.98 Å². The zero-order valence-corrected chi connectivity index (χ0v) is 19.6. The Labute approximate surface area is 193 Å². The lowest BCUT2D eigenvalue weighted by Crippen LogP contribution is -2.30. The van der Waals surface area contributed by atoms with Crippen LogP contribution in [0.15, 0.2) is 24.4 Å². The van der Waals surface area contributed by atoms with Crippen molar-refractivity contribution in [1.29, 1.82) is 0 Å². The van der Waals surface area contributed by atoms with Crippen LogP contribution in [0.1, 0.15) is 45.5 Å². The Balaban J connectivity index is 1.49. The number of thiophene rings is 1. The van der Waals surface area contributed by atoms with Crippen LogP contribution in [0.4, 0.5) is 5.82 Å². The number of thiocarbonyl (C=S) groups is 1. The maximum atomic E-state index is 13.7. The molecular weight excluding hydrogens is 444 g/mol. The number of thioether (sulfide) groups is 1. The lowest BCUT2D eigenvalue weighted by Gasteiger charge is -2.18. The number of hydrogen-bond acceptors (Lipinski definition) is 6. The molecule has 1 atom stereocenters. The third-order valence-corrected chi connectivity index (χ3v) is 8.85. The predicted octanol–water partition coefficient (Wildman–Crippen LogP) is 5.77. The van der Waals surface area contributed by atoms with Crippen molar-refractivity contribution >= 4 is 72.5 Å². The monoisotopic (exact) mass is 464 g/mol. The molecule has 31 heavy (non-hydrogen) atoms. The van der Waals surface area contributed by atoms with E-state index in [4.69, 9.17) is 22.2 Å². The van der Waals surface area contributed by atoms with Gasteiger partial charge in [0.25, 0.3) is 5.91 Å². The molecule has 1 aliphatic carbocycles. The highest BCUT2D eigenvalue weighted by atomic mass is 32.2. The summed E-state index contributed by atoms with van der Waals surface area (Å²) in [7, 11) is 0. The summed E-state index contributed by atoms with van der Waals surface area (Å²) in [5.41, 5.74) is 4.49. The van der Waals surface area contributed by atoms with E-state index in [1.165, 1.54) is 34.2 Å². The average molecular weight is 465 g/mol. The van der Waals surface area contributed by atoms with E-state index in [0.717, 1.165) is 45.9 Å². The number of hydrogen-bond donors (Lipinski definition) is 1. The van der Waals surface area contributed by atoms with E-state index in [1.807, 2.05) is 13.1 Å². The second-order valence-corrected chi connectivity index (χ2v) is 11.0. The Kier molecular flexibility index (Phi) is 4.45. The van der Waals surface area contributed by atoms with Gasteiger partial charge in [0, 0.05) is 27.5 Å². The van der Waals surface area contributed by atoms with Crippen LogP contribution in [0, 0.1) is 13.8 Å². The molecule has 0 spiro atoms. The maximum Gasteiger partial charge on any atom is 0.251 e. The number of H-pyrrole nitrogens is 1. The van der Waals surface area contributed by atoms with E-state index in [2.05, 4.69) is 30.1 Å². The number of carbonyl (C=O) groups excluding carboxylic acids is 1. The first-order valence-electron chi connectivity index (χ1n) is 10.4. The van der Waals surface area contributed by atoms with Crippen molar-refractivity contribution in [2.75, 3.05) is 4.90 Å². The van der Waals surface area contributed by atoms with Gasteiger partial charge in [-0.25, -0.2) is 14.9 Å². The molecule has 4 heterocycles. The number of amides is 1. The Bertz CT molecular complexity index is 1400. The van der Waals surface area contributed by atoms with Gasteiger partial charge in [-0.1, -0.05) is 35.6 Å². The summed E-state index contributed by atoms with van der Waals surface area (Å²) < 4.78 is 0.562. The minimum absolute atomic E-state index is 0.0208. The van der Waals surface area contributed by atoms with Gasteiger partial charge in [0.15, 0.2) is 5.82 Å². The molecule has 1 N–H and O–H groups in total. The van der Waals surface area contributed by atoms with Gasteiger partial charge in [-0.2, -0.15) is 0 Å². The number of aromatic nitrogens is 3. The molecule has 0 radical (unpaired) electrons. The summed E-state index contributed by atoms with van der Waals surface area (Å²) >= 11 is 8.92. The van der Waals surface area contributed by atoms with Gasteiger partial charge in [0.05, 0.1) is 5.39 Å². The molecule has 8 heteroatoms. The number of rotatable bonds is 2. The van der Waals surface area contributed by atoms with E-state index in [0.29, 0.717) is 16.0 Å². The molecule has 1 aromatic carbocycles. The number of nitrogens with one attached hydrogen (secondary N) is 1. The summed E-state index contributed by atoms with van der Waals surface area (Å²) in [5, 5.41) is 1.73. The predicted molar refractivity (Wildman–Crippen MR) is 132 cm³/mol. The molecule has 2 aliphatic rings. The molecular formula is C23H20N4OS3. The second-order valence-electron chi connectivity index (χ2n) is 8.22. The third kappa shape index (κ3) is 2.96. The number of aryl methyl sites for hydroxylation is 4. The van der Waals surface area contributed by atoms with Crippen LogP contribution in [-0.2, 0) is 17.6 Å². The van der Waals surface area contributed by atoms with Gasteiger partial charge >= 0.3 is 0 Å². The molecule has 5 nitrogen and oxygen atoms in total. The maximum absolute atomic E-state index is 13.7. The molecule has 0 bridgehead atoms. The van der Waals surface area contributed by atoms with Gasteiger partial charge in [0.1, 0.15) is 20.2 Å². The van der Waals surface area contributed by atoms with Crippen LogP contribution in [0.2, 0.25) is 0 Å². The van der Waals surface area contributed by atoms with Crippen LogP contribution in [0.3, 0.4) is 0 Å². The molecule has 1 amide bonds. The lowest BCUT2D eigenvalue weighted by atomic mass is 9.97. The number of benzene rings is 1. The summed E-state index contributed by atoms with van der Waals surface area (Å²) in [6.07, 6.45) is 6.41. The van der Waals surface area contributed by atoms with Gasteiger partial charge in [0.2, 0.25) is 0 Å². The topological polar surface area (TPSA) is 61.9 Å². The molecule has 0 saturated carbocycles. The quantitative estimate of drug-likeness (QED) is 0.381. The minimum Gasteiger partial charge on any atom is -0.361 e. The molecule has 3 aromatic heterocycles. The Hall–Kier alpha value is -2.29. The van der Waals surface area contributed by atoms with Crippen molar-refractivity contribution in [3.8, 4) is 0 Å². The fourth-order valence-electron chi connectivity index (χ4n) is 4.68. The first-order chi connectivity index (χ1) is 15.0. The van der Waals surface area contributed by atoms with Crippen LogP contribution in [0.25, 0.3) is 21.1 Å². The largest absolute Gasteiger partial charge is 0.361 e. The normalized spacial score (nSPS) is 19.0. The minimum atomic E-state index is -0.372. The standard InChI is InChI=1S/C23H20N4OS3/c1-11-7-8-16-14(9-11)15(10-24-16)19-22(28)27(23(29)31-19)20-18-13-5-3-4-6-17(13)30-21(18)26-12(2)25-20/h7-10,19,24H,3-6H2,1-2H3. The van der Waals surface area contributed by atoms with Crippen molar-refractivity contribution in [3.05, 3.63) is 51.8 Å². The van der Waals surface area contributed by atoms with Crippen LogP contribution in [-0.4, -0.2) is 25.2 Å². The molecule has 4 aromatic rings. The number of nitrogens with zero attached hydrogens (tertiary/aromatic N) is 3. The fraction of sp³-hybridized carbons (Fsp3) is 0.304. The molecule has 1 unspecified atom stereocenters. The lowest BCUT2D eigenvalue weighted by molar-refractivity contribution is -0.117. The van der Waals surface area contributed by atoms with Crippen LogP contribution in [0.5, 0.6) is 0 Å². The van der Waals surface area contributed by atoms with E-state index < -0.39 is 0 Å². The van der Waals surface area contributed by atoms with Crippen molar-refractivity contribution in [1.82, 2.24) is 15.0 Å². The van der Waals surface area contributed by atoms with Crippen molar-refractivity contribution in [2.45, 2.75) is 44.8 Å². The molecule has 1 aliphatic heterocycles. The summed E-state index contributed by atoms with van der Waals surface area (Å²) in [4.78, 5) is 30.5. The van der Waals surface area contributed by atoms with E-state index in [1.54, 1.807) is 16.2 Å². The van der Waals surface area contributed by atoms with Crippen LogP contribution >= 0.6 is 35.3 Å². The highest BCUT2D eigenvalue weighted by molar-refractivity contribution is 8.24. The summed E-state index contributed by atoms with van der Waals surface area (Å²) in [6.45, 7) is 3.95. The smallest absolute Gasteiger partial charge is 0.251 e. The highest BCUT2D eigenvalue weighted by Gasteiger charge is 2.42. The summed E-state index contributed by atoms with van der Waals surface area (Å²) in [6, 6.07) is 6.26. The first kappa shape index (κ1) is 19.4. The number of aromatic amines is 1. The third-order valence-electron chi connectivity index (χ3n) is 6.12. The second kappa shape index (κ2) is 7.12. The zero-order valence-electron chi connectivity index (χ0n) is 17.2. The Morgan fingerprint density at radius 1 is 1.19 bits per heavy atom. The van der Waals surface area contributed by atoms with Crippen molar-refractivity contribution in [2.24, 2.45) is 0 Å². The first-order valence-corrected chi connectivity index (χ1v) is 12.5. The number of fused-ring (bicyclic) bond motifs is 4. The highest BCUT2D eigenvalue weighted by Crippen LogP contribution is 2.47. The molecule has 6 rings (SSSR count). The fourth-order valence-corrected chi connectivity index (χ4v) is 7.45. The number of carbonyl (C=O) groups is 1. The van der Waals surface area contributed by atoms with Gasteiger partial charge in [-0.05, 0) is 57.2 Å². The molecule has 1 saturated heterocycles. The van der Waals surface area contributed by atoms with Crippen molar-refractivity contribution in [3.63, 3.8) is 0 Å². The van der Waals surface area contributed by atoms with Crippen molar-refractivity contribution < 1.29 is 4.79 Å². The van der Waals surface area contributed by atoms with Crippen LogP contribution < -0.4 is 4.90 Å². The SMILES string of the molecule is Cc1ccc2[nH]cc(C3SC(=S)N(c4nc(C)nc5sc6c(c45)CCCC6)C3=O)c2c1.